The number of likely N-dealkylation sites (tertiary alicyclic amines) is 1. The summed E-state index contributed by atoms with van der Waals surface area (Å²) in [6.07, 6.45) is 7.41. The van der Waals surface area contributed by atoms with Crippen LogP contribution in [0.2, 0.25) is 0 Å². The Morgan fingerprint density at radius 1 is 1.14 bits per heavy atom. The number of rotatable bonds is 9. The predicted octanol–water partition coefficient (Wildman–Crippen LogP) is 1.99. The van der Waals surface area contributed by atoms with E-state index in [1.165, 1.54) is 12.1 Å². The smallest absolute Gasteiger partial charge is 0.277 e. The maximum Gasteiger partial charge on any atom is 0.277 e. The molecule has 0 radical (unpaired) electrons. The number of hydrogen-bond acceptors (Lipinski definition) is 5. The molecule has 1 aromatic carbocycles. The quantitative estimate of drug-likeness (QED) is 0.477. The Morgan fingerprint density at radius 3 is 2.51 bits per heavy atom. The van der Waals surface area contributed by atoms with Gasteiger partial charge in [0.25, 0.3) is 10.2 Å². The van der Waals surface area contributed by atoms with Gasteiger partial charge in [0, 0.05) is 24.2 Å². The van der Waals surface area contributed by atoms with E-state index in [2.05, 4.69) is 20.8 Å². The Labute approximate surface area is 206 Å². The second kappa shape index (κ2) is 9.43. The summed E-state index contributed by atoms with van der Waals surface area (Å²) in [4.78, 5) is 14.5. The van der Waals surface area contributed by atoms with Crippen LogP contribution in [0.15, 0.2) is 24.3 Å². The largest absolute Gasteiger partial charge is 0.326 e. The average Bonchev–Trinajstić information content (AvgIpc) is 3.26. The van der Waals surface area contributed by atoms with Crippen LogP contribution < -0.4 is 14.8 Å². The molecule has 3 N–H and O–H groups in total. The Hall–Kier alpha value is -2.06. The van der Waals surface area contributed by atoms with E-state index >= 15 is 0 Å². The normalized spacial score (nSPS) is 33.7. The van der Waals surface area contributed by atoms with Crippen LogP contribution in [0.1, 0.15) is 56.9 Å². The molecule has 3 unspecified atom stereocenters. The number of nitriles is 1. The van der Waals surface area contributed by atoms with Crippen molar-refractivity contribution in [3.63, 3.8) is 0 Å². The number of nitrogens with zero attached hydrogens (tertiary/aromatic N) is 2. The van der Waals surface area contributed by atoms with Crippen molar-refractivity contribution in [1.82, 2.24) is 19.7 Å². The summed E-state index contributed by atoms with van der Waals surface area (Å²) >= 11 is 0. The molecule has 1 amide bonds. The van der Waals surface area contributed by atoms with Crippen LogP contribution >= 0.6 is 0 Å². The fraction of sp³-hybridized carbons (Fsp3) is 0.680. The van der Waals surface area contributed by atoms with Crippen LogP contribution in [0.3, 0.4) is 0 Å². The molecule has 3 atom stereocenters. The molecule has 190 valence electrons. The van der Waals surface area contributed by atoms with E-state index in [0.717, 1.165) is 50.5 Å². The first kappa shape index (κ1) is 24.6. The van der Waals surface area contributed by atoms with E-state index < -0.39 is 15.7 Å². The van der Waals surface area contributed by atoms with Gasteiger partial charge in [-0.25, -0.2) is 9.11 Å². The van der Waals surface area contributed by atoms with Gasteiger partial charge in [-0.15, -0.1) is 0 Å². The summed E-state index contributed by atoms with van der Waals surface area (Å²) in [5.41, 5.74) is 0.108. The monoisotopic (exact) mass is 503 g/mol. The van der Waals surface area contributed by atoms with Crippen LogP contribution in [0, 0.1) is 29.0 Å². The first-order chi connectivity index (χ1) is 16.7. The minimum Gasteiger partial charge on any atom is -0.326 e. The first-order valence-electron chi connectivity index (χ1n) is 12.7. The van der Waals surface area contributed by atoms with Gasteiger partial charge in [-0.3, -0.25) is 4.79 Å². The fourth-order valence-corrected chi connectivity index (χ4v) is 8.71. The van der Waals surface area contributed by atoms with Crippen molar-refractivity contribution in [3.8, 4) is 6.07 Å². The molecule has 35 heavy (non-hydrogen) atoms. The number of nitrogens with one attached hydrogen (secondary N) is 3. The molecule has 1 heterocycles. The van der Waals surface area contributed by atoms with Crippen molar-refractivity contribution in [2.45, 2.75) is 74.9 Å². The molecule has 10 heteroatoms. The lowest BCUT2D eigenvalue weighted by Gasteiger charge is -2.62. The second-order valence-corrected chi connectivity index (χ2v) is 12.6. The number of benzene rings is 1. The van der Waals surface area contributed by atoms with Gasteiger partial charge < -0.3 is 10.2 Å². The van der Waals surface area contributed by atoms with Gasteiger partial charge in [-0.05, 0) is 87.3 Å². The Kier molecular flexibility index (Phi) is 6.64. The molecule has 1 aromatic rings. The molecule has 5 fully saturated rings. The molecule has 5 aliphatic rings. The van der Waals surface area contributed by atoms with Gasteiger partial charge in [0.05, 0.1) is 12.6 Å². The highest BCUT2D eigenvalue weighted by molar-refractivity contribution is 7.87. The molecule has 4 aliphatic carbocycles. The highest BCUT2D eigenvalue weighted by atomic mass is 32.2. The number of halogens is 1. The zero-order chi connectivity index (χ0) is 24.7. The number of hydrogen-bond donors (Lipinski definition) is 3. The van der Waals surface area contributed by atoms with Crippen molar-refractivity contribution in [2.24, 2.45) is 11.8 Å². The SMILES string of the molecule is N#CC1CCCN1C(=O)CNC12CC3CC(C1)CC(NS(=O)(=O)NCCc1ccc(F)cc1)(C3)C2. The van der Waals surface area contributed by atoms with E-state index in [1.54, 1.807) is 17.0 Å². The predicted molar refractivity (Wildman–Crippen MR) is 129 cm³/mol. The van der Waals surface area contributed by atoms with E-state index in [1.807, 2.05) is 0 Å². The molecule has 4 saturated carbocycles. The zero-order valence-electron chi connectivity index (χ0n) is 19.9. The summed E-state index contributed by atoms with van der Waals surface area (Å²) in [5, 5.41) is 12.9. The maximum atomic E-state index is 13.1. The molecule has 0 spiro atoms. The molecule has 6 rings (SSSR count). The molecule has 8 nitrogen and oxygen atoms in total. The number of amides is 1. The lowest BCUT2D eigenvalue weighted by Crippen LogP contribution is -2.70. The van der Waals surface area contributed by atoms with Crippen LogP contribution in [-0.2, 0) is 21.4 Å². The minimum atomic E-state index is -3.72. The van der Waals surface area contributed by atoms with E-state index in [9.17, 15) is 22.9 Å². The van der Waals surface area contributed by atoms with Crippen LogP contribution in [0.4, 0.5) is 4.39 Å². The van der Waals surface area contributed by atoms with Crippen LogP contribution in [0.5, 0.6) is 0 Å². The zero-order valence-corrected chi connectivity index (χ0v) is 20.7. The minimum absolute atomic E-state index is 0.0399. The Bertz CT molecular complexity index is 1090. The number of carbonyl (C=O) groups is 1. The van der Waals surface area contributed by atoms with Gasteiger partial charge in [0.2, 0.25) is 5.91 Å². The molecule has 0 aromatic heterocycles. The van der Waals surface area contributed by atoms with Gasteiger partial charge >= 0.3 is 0 Å². The summed E-state index contributed by atoms with van der Waals surface area (Å²) < 4.78 is 44.7. The Morgan fingerprint density at radius 2 is 1.83 bits per heavy atom. The van der Waals surface area contributed by atoms with Crippen molar-refractivity contribution >= 4 is 16.1 Å². The summed E-state index contributed by atoms with van der Waals surface area (Å²) in [5.74, 6) is 0.507. The van der Waals surface area contributed by atoms with Crippen LogP contribution in [-0.4, -0.2) is 56.0 Å². The standard InChI is InChI=1S/C25H34FN5O3S/c26-21-5-3-18(4-6-21)7-8-29-35(33,34)30-25-13-19-10-20(14-25)12-24(11-19,17-25)28-16-23(32)31-9-1-2-22(31)15-27/h3-6,19-20,22,28-30H,1-2,7-14,16-17H2. The first-order valence-corrected chi connectivity index (χ1v) is 14.1. The molecule has 4 bridgehead atoms. The van der Waals surface area contributed by atoms with Gasteiger partial charge in [0.15, 0.2) is 0 Å². The van der Waals surface area contributed by atoms with Crippen molar-refractivity contribution in [1.29, 1.82) is 5.26 Å². The molecule has 1 saturated heterocycles. The van der Waals surface area contributed by atoms with E-state index in [4.69, 9.17) is 0 Å². The molecular formula is C25H34FN5O3S. The summed E-state index contributed by atoms with van der Waals surface area (Å²) in [6.45, 7) is 1.05. The highest BCUT2D eigenvalue weighted by Crippen LogP contribution is 2.57. The van der Waals surface area contributed by atoms with Gasteiger partial charge in [0.1, 0.15) is 11.9 Å². The molecule has 1 aliphatic heterocycles. The van der Waals surface area contributed by atoms with Gasteiger partial charge in [-0.1, -0.05) is 12.1 Å². The average molecular weight is 504 g/mol. The lowest BCUT2D eigenvalue weighted by molar-refractivity contribution is -0.131. The van der Waals surface area contributed by atoms with Crippen molar-refractivity contribution < 1.29 is 17.6 Å². The third-order valence-electron chi connectivity index (χ3n) is 8.37. The fourth-order valence-electron chi connectivity index (χ4n) is 7.45. The van der Waals surface area contributed by atoms with Gasteiger partial charge in [-0.2, -0.15) is 18.4 Å². The van der Waals surface area contributed by atoms with E-state index in [0.29, 0.717) is 31.2 Å². The third-order valence-corrected chi connectivity index (χ3v) is 9.65. The maximum absolute atomic E-state index is 13.1. The second-order valence-electron chi connectivity index (χ2n) is 11.1. The topological polar surface area (TPSA) is 114 Å². The van der Waals surface area contributed by atoms with Crippen molar-refractivity contribution in [3.05, 3.63) is 35.6 Å². The number of carbonyl (C=O) groups excluding carboxylic acids is 1. The molecular weight excluding hydrogens is 469 g/mol. The lowest BCUT2D eigenvalue weighted by atomic mass is 9.50. The highest BCUT2D eigenvalue weighted by Gasteiger charge is 2.58. The summed E-state index contributed by atoms with van der Waals surface area (Å²) in [6, 6.07) is 7.96. The van der Waals surface area contributed by atoms with Crippen LogP contribution in [0.25, 0.3) is 0 Å². The van der Waals surface area contributed by atoms with Crippen molar-refractivity contribution in [2.75, 3.05) is 19.6 Å². The summed E-state index contributed by atoms with van der Waals surface area (Å²) in [7, 11) is -3.72. The Balaban J connectivity index is 1.21. The third kappa shape index (κ3) is 5.38. The van der Waals surface area contributed by atoms with E-state index in [-0.39, 0.29) is 36.4 Å².